The highest BCUT2D eigenvalue weighted by molar-refractivity contribution is 5.98. The van der Waals surface area contributed by atoms with Gasteiger partial charge in [-0.1, -0.05) is 43.2 Å². The number of rotatable bonds is 2. The van der Waals surface area contributed by atoms with E-state index in [1.165, 1.54) is 12.8 Å². The van der Waals surface area contributed by atoms with Crippen molar-refractivity contribution in [3.05, 3.63) is 48.4 Å². The first-order valence-electron chi connectivity index (χ1n) is 7.28. The topological polar surface area (TPSA) is 33.5 Å². The van der Waals surface area contributed by atoms with Gasteiger partial charge in [0.1, 0.15) is 0 Å². The highest BCUT2D eigenvalue weighted by Gasteiger charge is 2.23. The number of carbonyl (C=O) groups excluding carboxylic acids is 1. The summed E-state index contributed by atoms with van der Waals surface area (Å²) in [6, 6.07) is 11.8. The molecule has 0 saturated carbocycles. The summed E-state index contributed by atoms with van der Waals surface area (Å²) in [7, 11) is 0. The molecule has 1 fully saturated rings. The molecule has 1 aromatic heterocycles. The lowest BCUT2D eigenvalue weighted by Gasteiger charge is -2.19. The smallest absolute Gasteiger partial charge is 0.290 e. The first-order chi connectivity index (χ1) is 9.86. The summed E-state index contributed by atoms with van der Waals surface area (Å²) < 4.78 is 5.48. The van der Waals surface area contributed by atoms with Gasteiger partial charge in [0.05, 0.1) is 6.26 Å². The molecule has 1 aromatic carbocycles. The standard InChI is InChI=1S/C17H19NO2/c19-17(18-11-6-1-2-7-12-18)16-15(10-13-20-16)14-8-4-3-5-9-14/h3-5,8-10,13H,1-2,6-7,11-12H2. The van der Waals surface area contributed by atoms with Gasteiger partial charge in [-0.15, -0.1) is 0 Å². The van der Waals surface area contributed by atoms with Crippen molar-refractivity contribution in [1.29, 1.82) is 0 Å². The average molecular weight is 269 g/mol. The minimum absolute atomic E-state index is 0.0238. The molecule has 3 heteroatoms. The van der Waals surface area contributed by atoms with E-state index >= 15 is 0 Å². The summed E-state index contributed by atoms with van der Waals surface area (Å²) >= 11 is 0. The number of likely N-dealkylation sites (tertiary alicyclic amines) is 1. The second-order valence-corrected chi connectivity index (χ2v) is 5.24. The van der Waals surface area contributed by atoms with Crippen molar-refractivity contribution < 1.29 is 9.21 Å². The summed E-state index contributed by atoms with van der Waals surface area (Å²) in [5, 5.41) is 0. The fraction of sp³-hybridized carbons (Fsp3) is 0.353. The molecule has 1 aliphatic rings. The molecule has 0 N–H and O–H groups in total. The molecule has 0 atom stereocenters. The zero-order valence-corrected chi connectivity index (χ0v) is 11.5. The van der Waals surface area contributed by atoms with Gasteiger partial charge in [0.15, 0.2) is 5.76 Å². The summed E-state index contributed by atoms with van der Waals surface area (Å²) in [6.07, 6.45) is 6.22. The van der Waals surface area contributed by atoms with Crippen molar-refractivity contribution >= 4 is 5.91 Å². The van der Waals surface area contributed by atoms with Crippen LogP contribution in [0.25, 0.3) is 11.1 Å². The van der Waals surface area contributed by atoms with E-state index in [1.54, 1.807) is 6.26 Å². The van der Waals surface area contributed by atoms with E-state index in [0.717, 1.165) is 37.1 Å². The van der Waals surface area contributed by atoms with Crippen molar-refractivity contribution in [1.82, 2.24) is 4.90 Å². The quantitative estimate of drug-likeness (QED) is 0.826. The fourth-order valence-corrected chi connectivity index (χ4v) is 2.74. The van der Waals surface area contributed by atoms with Gasteiger partial charge in [-0.3, -0.25) is 4.79 Å². The Kier molecular flexibility index (Phi) is 3.86. The van der Waals surface area contributed by atoms with Crippen LogP contribution in [-0.2, 0) is 0 Å². The zero-order chi connectivity index (χ0) is 13.8. The van der Waals surface area contributed by atoms with E-state index in [0.29, 0.717) is 5.76 Å². The van der Waals surface area contributed by atoms with E-state index in [1.807, 2.05) is 41.3 Å². The number of amides is 1. The molecule has 0 aliphatic carbocycles. The van der Waals surface area contributed by atoms with Crippen LogP contribution in [0.1, 0.15) is 36.2 Å². The highest BCUT2D eigenvalue weighted by atomic mass is 16.3. The monoisotopic (exact) mass is 269 g/mol. The van der Waals surface area contributed by atoms with Crippen molar-refractivity contribution in [2.75, 3.05) is 13.1 Å². The number of benzene rings is 1. The predicted octanol–water partition coefficient (Wildman–Crippen LogP) is 3.96. The number of hydrogen-bond acceptors (Lipinski definition) is 2. The van der Waals surface area contributed by atoms with E-state index in [4.69, 9.17) is 4.42 Å². The minimum atomic E-state index is 0.0238. The minimum Gasteiger partial charge on any atom is -0.459 e. The molecule has 3 rings (SSSR count). The van der Waals surface area contributed by atoms with Crippen molar-refractivity contribution in [2.24, 2.45) is 0 Å². The maximum absolute atomic E-state index is 12.6. The van der Waals surface area contributed by atoms with Gasteiger partial charge in [-0.05, 0) is 24.5 Å². The fourth-order valence-electron chi connectivity index (χ4n) is 2.74. The van der Waals surface area contributed by atoms with Crippen LogP contribution >= 0.6 is 0 Å². The number of nitrogens with zero attached hydrogens (tertiary/aromatic N) is 1. The van der Waals surface area contributed by atoms with E-state index in [-0.39, 0.29) is 5.91 Å². The zero-order valence-electron chi connectivity index (χ0n) is 11.5. The van der Waals surface area contributed by atoms with Crippen LogP contribution in [0.15, 0.2) is 47.1 Å². The molecular formula is C17H19NO2. The van der Waals surface area contributed by atoms with Gasteiger partial charge in [0.2, 0.25) is 0 Å². The molecule has 0 spiro atoms. The molecule has 20 heavy (non-hydrogen) atoms. The average Bonchev–Trinajstić information content (AvgIpc) is 2.82. The molecule has 0 bridgehead atoms. The lowest BCUT2D eigenvalue weighted by Crippen LogP contribution is -2.31. The molecule has 2 aromatic rings. The highest BCUT2D eigenvalue weighted by Crippen LogP contribution is 2.26. The SMILES string of the molecule is O=C(c1occc1-c1ccccc1)N1CCCCCC1. The molecule has 0 radical (unpaired) electrons. The summed E-state index contributed by atoms with van der Waals surface area (Å²) in [5.74, 6) is 0.494. The Morgan fingerprint density at radius 2 is 1.65 bits per heavy atom. The van der Waals surface area contributed by atoms with Gasteiger partial charge >= 0.3 is 0 Å². The molecule has 1 saturated heterocycles. The van der Waals surface area contributed by atoms with Crippen LogP contribution in [0.5, 0.6) is 0 Å². The van der Waals surface area contributed by atoms with Crippen LogP contribution in [0.4, 0.5) is 0 Å². The van der Waals surface area contributed by atoms with Gasteiger partial charge in [0, 0.05) is 18.7 Å². The molecule has 2 heterocycles. The van der Waals surface area contributed by atoms with Crippen molar-refractivity contribution in [3.63, 3.8) is 0 Å². The first kappa shape index (κ1) is 13.0. The van der Waals surface area contributed by atoms with Crippen LogP contribution in [0.3, 0.4) is 0 Å². The number of carbonyl (C=O) groups is 1. The van der Waals surface area contributed by atoms with Crippen molar-refractivity contribution in [3.8, 4) is 11.1 Å². The maximum atomic E-state index is 12.6. The Labute approximate surface area is 119 Å². The normalized spacial score (nSPS) is 15.9. The Bertz CT molecular complexity index is 566. The largest absolute Gasteiger partial charge is 0.459 e. The lowest BCUT2D eigenvalue weighted by atomic mass is 10.1. The van der Waals surface area contributed by atoms with Crippen molar-refractivity contribution in [2.45, 2.75) is 25.7 Å². The van der Waals surface area contributed by atoms with Crippen LogP contribution in [0, 0.1) is 0 Å². The van der Waals surface area contributed by atoms with Crippen LogP contribution in [-0.4, -0.2) is 23.9 Å². The van der Waals surface area contributed by atoms with Gasteiger partial charge in [0.25, 0.3) is 5.91 Å². The van der Waals surface area contributed by atoms with E-state index < -0.39 is 0 Å². The third-order valence-electron chi connectivity index (χ3n) is 3.84. The summed E-state index contributed by atoms with van der Waals surface area (Å²) in [6.45, 7) is 1.68. The summed E-state index contributed by atoms with van der Waals surface area (Å²) in [5.41, 5.74) is 1.92. The molecule has 3 nitrogen and oxygen atoms in total. The Balaban J connectivity index is 1.87. The third-order valence-corrected chi connectivity index (χ3v) is 3.84. The van der Waals surface area contributed by atoms with Gasteiger partial charge in [-0.2, -0.15) is 0 Å². The Hall–Kier alpha value is -2.03. The predicted molar refractivity (Wildman–Crippen MR) is 78.5 cm³/mol. The first-order valence-corrected chi connectivity index (χ1v) is 7.28. The van der Waals surface area contributed by atoms with Gasteiger partial charge in [-0.25, -0.2) is 0 Å². The third kappa shape index (κ3) is 2.62. The molecular weight excluding hydrogens is 250 g/mol. The number of furan rings is 1. The second-order valence-electron chi connectivity index (χ2n) is 5.24. The maximum Gasteiger partial charge on any atom is 0.290 e. The van der Waals surface area contributed by atoms with Crippen LogP contribution < -0.4 is 0 Å². The van der Waals surface area contributed by atoms with E-state index in [2.05, 4.69) is 0 Å². The molecule has 0 unspecified atom stereocenters. The molecule has 104 valence electrons. The lowest BCUT2D eigenvalue weighted by molar-refractivity contribution is 0.0730. The van der Waals surface area contributed by atoms with Crippen LogP contribution in [0.2, 0.25) is 0 Å². The van der Waals surface area contributed by atoms with E-state index in [9.17, 15) is 4.79 Å². The second kappa shape index (κ2) is 5.95. The summed E-state index contributed by atoms with van der Waals surface area (Å²) in [4.78, 5) is 14.6. The number of hydrogen-bond donors (Lipinski definition) is 0. The molecule has 1 aliphatic heterocycles. The van der Waals surface area contributed by atoms with Gasteiger partial charge < -0.3 is 9.32 Å². The molecule has 1 amide bonds. The Morgan fingerprint density at radius 1 is 0.950 bits per heavy atom. The Morgan fingerprint density at radius 3 is 2.35 bits per heavy atom.